The van der Waals surface area contributed by atoms with E-state index >= 15 is 0 Å². The van der Waals surface area contributed by atoms with Crippen LogP contribution in [0.3, 0.4) is 0 Å². The number of nitriles is 1. The molecule has 1 heterocycles. The molecule has 0 bridgehead atoms. The molecule has 17 heavy (non-hydrogen) atoms. The maximum absolute atomic E-state index is 12.1. The van der Waals surface area contributed by atoms with E-state index < -0.39 is 0 Å². The molecule has 0 aromatic carbocycles. The summed E-state index contributed by atoms with van der Waals surface area (Å²) in [7, 11) is 1.97. The van der Waals surface area contributed by atoms with Gasteiger partial charge in [-0.25, -0.2) is 0 Å². The fourth-order valence-corrected chi connectivity index (χ4v) is 2.22. The van der Waals surface area contributed by atoms with Gasteiger partial charge in [-0.3, -0.25) is 4.79 Å². The van der Waals surface area contributed by atoms with Crippen molar-refractivity contribution in [1.82, 2.24) is 4.90 Å². The largest absolute Gasteiger partial charge is 0.389 e. The average Bonchev–Trinajstić information content (AvgIpc) is 2.26. The number of piperidine rings is 1. The Bertz CT molecular complexity index is 410. The Kier molecular flexibility index (Phi) is 4.38. The first-order valence-corrected chi connectivity index (χ1v) is 5.95. The number of Topliss-reactive ketones (excluding diaryl/α,β-unsaturated/α-hetero) is 1. The molecule has 0 spiro atoms. The number of hydrogen-bond acceptors (Lipinski definition) is 4. The van der Waals surface area contributed by atoms with Crippen LogP contribution >= 0.6 is 12.2 Å². The number of likely N-dealkylation sites (tertiary alicyclic amines) is 1. The van der Waals surface area contributed by atoms with E-state index in [2.05, 4.69) is 4.90 Å². The van der Waals surface area contributed by atoms with Gasteiger partial charge in [-0.2, -0.15) is 5.26 Å². The monoisotopic (exact) mass is 251 g/mol. The van der Waals surface area contributed by atoms with Crippen LogP contribution in [0, 0.1) is 23.2 Å². The first-order valence-electron chi connectivity index (χ1n) is 5.54. The minimum atomic E-state index is -0.306. The molecule has 5 heteroatoms. The molecular formula is C12H17N3OS. The fraction of sp³-hybridized carbons (Fsp3) is 0.583. The van der Waals surface area contributed by atoms with Crippen molar-refractivity contribution in [1.29, 1.82) is 5.26 Å². The van der Waals surface area contributed by atoms with Gasteiger partial charge in [0.15, 0.2) is 0 Å². The van der Waals surface area contributed by atoms with Crippen LogP contribution in [0.15, 0.2) is 11.6 Å². The highest BCUT2D eigenvalue weighted by Gasteiger charge is 2.35. The predicted molar refractivity (Wildman–Crippen MR) is 70.2 cm³/mol. The Morgan fingerprint density at radius 1 is 1.65 bits per heavy atom. The van der Waals surface area contributed by atoms with Gasteiger partial charge in [0, 0.05) is 18.5 Å². The normalized spacial score (nSPS) is 31.1. The molecule has 1 aliphatic heterocycles. The minimum absolute atomic E-state index is 0.0243. The lowest BCUT2D eigenvalue weighted by atomic mass is 9.82. The number of ketones is 1. The zero-order valence-electron chi connectivity index (χ0n) is 10.3. The molecule has 1 saturated heterocycles. The van der Waals surface area contributed by atoms with Crippen LogP contribution in [-0.2, 0) is 4.79 Å². The number of nitrogens with two attached hydrogens (primary N) is 1. The molecule has 0 aromatic heterocycles. The highest BCUT2D eigenvalue weighted by atomic mass is 32.1. The zero-order chi connectivity index (χ0) is 13.2. The van der Waals surface area contributed by atoms with Crippen molar-refractivity contribution in [2.24, 2.45) is 17.6 Å². The summed E-state index contributed by atoms with van der Waals surface area (Å²) in [6.07, 6.45) is 1.61. The number of carbonyl (C=O) groups excluding carboxylic acids is 1. The molecule has 0 saturated carbocycles. The highest BCUT2D eigenvalue weighted by molar-refractivity contribution is 7.80. The molecule has 3 atom stereocenters. The van der Waals surface area contributed by atoms with Crippen molar-refractivity contribution in [2.45, 2.75) is 19.9 Å². The summed E-state index contributed by atoms with van der Waals surface area (Å²) < 4.78 is 0. The lowest BCUT2D eigenvalue weighted by molar-refractivity contribution is -0.130. The quantitative estimate of drug-likeness (QED) is 0.448. The lowest BCUT2D eigenvalue weighted by Gasteiger charge is -2.37. The molecule has 0 amide bonds. The molecular weight excluding hydrogens is 234 g/mol. The van der Waals surface area contributed by atoms with Crippen molar-refractivity contribution in [3.63, 3.8) is 0 Å². The Hall–Kier alpha value is -1.25. The van der Waals surface area contributed by atoms with E-state index in [4.69, 9.17) is 23.2 Å². The smallest absolute Gasteiger partial charge is 0.145 e. The molecule has 4 nitrogen and oxygen atoms in total. The van der Waals surface area contributed by atoms with Crippen LogP contribution in [0.4, 0.5) is 0 Å². The number of nitrogens with zero attached hydrogens (tertiary/aromatic N) is 2. The maximum atomic E-state index is 12.1. The molecule has 1 fully saturated rings. The summed E-state index contributed by atoms with van der Waals surface area (Å²) in [5, 5.41) is 8.92. The summed E-state index contributed by atoms with van der Waals surface area (Å²) in [6, 6.07) is 2.01. The van der Waals surface area contributed by atoms with Gasteiger partial charge in [0.1, 0.15) is 16.8 Å². The molecule has 0 radical (unpaired) electrons. The van der Waals surface area contributed by atoms with Crippen LogP contribution in [0.5, 0.6) is 0 Å². The van der Waals surface area contributed by atoms with Gasteiger partial charge in [-0.05, 0) is 14.0 Å². The highest BCUT2D eigenvalue weighted by Crippen LogP contribution is 2.25. The molecule has 1 rings (SSSR count). The van der Waals surface area contributed by atoms with Crippen molar-refractivity contribution in [3.05, 3.63) is 11.6 Å². The second kappa shape index (κ2) is 5.39. The number of thiocarbonyl (C=S) groups is 1. The summed E-state index contributed by atoms with van der Waals surface area (Å²) in [6.45, 7) is 4.62. The van der Waals surface area contributed by atoms with Crippen LogP contribution in [-0.4, -0.2) is 35.3 Å². The predicted octanol–water partition coefficient (Wildman–Crippen LogP) is 0.878. The molecule has 92 valence electrons. The van der Waals surface area contributed by atoms with Gasteiger partial charge in [0.05, 0.1) is 11.5 Å². The van der Waals surface area contributed by atoms with Gasteiger partial charge in [-0.1, -0.05) is 25.2 Å². The number of hydrogen-bond donors (Lipinski definition) is 1. The third-order valence-corrected chi connectivity index (χ3v) is 3.54. The first kappa shape index (κ1) is 13.8. The van der Waals surface area contributed by atoms with E-state index in [1.165, 1.54) is 0 Å². The molecule has 0 aromatic rings. The molecule has 0 aliphatic carbocycles. The van der Waals surface area contributed by atoms with E-state index in [0.29, 0.717) is 0 Å². The second-order valence-electron chi connectivity index (χ2n) is 4.57. The van der Waals surface area contributed by atoms with Crippen LogP contribution in [0.1, 0.15) is 13.8 Å². The SMILES string of the molecule is CC1CN(C)C(C)C(/C=C(\C#N)C(N)=S)C1=O. The Balaban J connectivity index is 3.05. The van der Waals surface area contributed by atoms with Crippen molar-refractivity contribution >= 4 is 23.0 Å². The Morgan fingerprint density at radius 2 is 2.24 bits per heavy atom. The standard InChI is InChI=1S/C12H17N3OS/c1-7-6-15(3)8(2)10(11(7)16)4-9(5-13)12(14)17/h4,7-8,10H,6H2,1-3H3,(H2,14,17)/b9-4+. The summed E-state index contributed by atoms with van der Waals surface area (Å²) in [5.74, 6) is -0.178. The van der Waals surface area contributed by atoms with Crippen molar-refractivity contribution < 1.29 is 4.79 Å². The van der Waals surface area contributed by atoms with Gasteiger partial charge in [0.2, 0.25) is 0 Å². The zero-order valence-corrected chi connectivity index (χ0v) is 11.1. The van der Waals surface area contributed by atoms with Crippen LogP contribution in [0.25, 0.3) is 0 Å². The number of rotatable bonds is 2. The number of carbonyl (C=O) groups is 1. The van der Waals surface area contributed by atoms with Gasteiger partial charge < -0.3 is 10.6 Å². The van der Waals surface area contributed by atoms with Gasteiger partial charge in [0.25, 0.3) is 0 Å². The van der Waals surface area contributed by atoms with Gasteiger partial charge >= 0.3 is 0 Å². The minimum Gasteiger partial charge on any atom is -0.389 e. The summed E-state index contributed by atoms with van der Waals surface area (Å²) >= 11 is 4.78. The second-order valence-corrected chi connectivity index (χ2v) is 5.01. The van der Waals surface area contributed by atoms with E-state index in [0.717, 1.165) is 6.54 Å². The van der Waals surface area contributed by atoms with E-state index in [1.807, 2.05) is 27.0 Å². The van der Waals surface area contributed by atoms with Crippen molar-refractivity contribution in [2.75, 3.05) is 13.6 Å². The molecule has 1 aliphatic rings. The third kappa shape index (κ3) is 2.90. The topological polar surface area (TPSA) is 70.1 Å². The van der Waals surface area contributed by atoms with Crippen molar-refractivity contribution in [3.8, 4) is 6.07 Å². The van der Waals surface area contributed by atoms with E-state index in [9.17, 15) is 4.79 Å². The van der Waals surface area contributed by atoms with E-state index in [1.54, 1.807) is 6.08 Å². The molecule has 3 unspecified atom stereocenters. The van der Waals surface area contributed by atoms with E-state index in [-0.39, 0.29) is 34.2 Å². The fourth-order valence-electron chi connectivity index (χ4n) is 2.10. The Labute approximate surface area is 107 Å². The van der Waals surface area contributed by atoms with Crippen LogP contribution < -0.4 is 5.73 Å². The average molecular weight is 251 g/mol. The Morgan fingerprint density at radius 3 is 2.71 bits per heavy atom. The first-order chi connectivity index (χ1) is 7.88. The molecule has 2 N–H and O–H groups in total. The summed E-state index contributed by atoms with van der Waals surface area (Å²) in [5.41, 5.74) is 5.67. The summed E-state index contributed by atoms with van der Waals surface area (Å²) in [4.78, 5) is 14.3. The van der Waals surface area contributed by atoms with Crippen LogP contribution in [0.2, 0.25) is 0 Å². The maximum Gasteiger partial charge on any atom is 0.145 e. The van der Waals surface area contributed by atoms with Gasteiger partial charge in [-0.15, -0.1) is 0 Å². The third-order valence-electron chi connectivity index (χ3n) is 3.32. The lowest BCUT2D eigenvalue weighted by Crippen LogP contribution is -2.49.